The minimum absolute atomic E-state index is 0.840. The third-order valence-electron chi connectivity index (χ3n) is 7.82. The molecule has 0 heterocycles. The third kappa shape index (κ3) is 6.37. The number of hydrogen-bond acceptors (Lipinski definition) is 0. The van der Waals surface area contributed by atoms with Crippen molar-refractivity contribution in [3.05, 3.63) is 35.4 Å². The Balaban J connectivity index is 1.39. The summed E-state index contributed by atoms with van der Waals surface area (Å²) in [6.07, 6.45) is 21.7. The number of aryl methyl sites for hydroxylation is 1. The molecular formula is C27H44. The smallest absolute Gasteiger partial charge is 0.0162 e. The summed E-state index contributed by atoms with van der Waals surface area (Å²) in [5.74, 6) is 4.01. The van der Waals surface area contributed by atoms with Gasteiger partial charge in [-0.25, -0.2) is 0 Å². The summed E-state index contributed by atoms with van der Waals surface area (Å²) in [5, 5.41) is 0. The van der Waals surface area contributed by atoms with E-state index in [2.05, 4.69) is 38.1 Å². The Bertz CT molecular complexity index is 497. The maximum absolute atomic E-state index is 2.44. The fraction of sp³-hybridized carbons (Fsp3) is 0.778. The number of unbranched alkanes of at least 4 members (excludes halogenated alkanes) is 3. The van der Waals surface area contributed by atoms with Crippen LogP contribution < -0.4 is 0 Å². The highest BCUT2D eigenvalue weighted by atomic mass is 14.4. The van der Waals surface area contributed by atoms with Crippen LogP contribution in [0.1, 0.15) is 121 Å². The zero-order valence-electron chi connectivity index (χ0n) is 18.2. The summed E-state index contributed by atoms with van der Waals surface area (Å²) in [7, 11) is 0. The Labute approximate surface area is 169 Å². The molecule has 27 heavy (non-hydrogen) atoms. The van der Waals surface area contributed by atoms with Crippen molar-refractivity contribution in [2.75, 3.05) is 0 Å². The van der Waals surface area contributed by atoms with Crippen LogP contribution in [0.3, 0.4) is 0 Å². The van der Waals surface area contributed by atoms with Crippen LogP contribution in [0.5, 0.6) is 0 Å². The van der Waals surface area contributed by atoms with E-state index >= 15 is 0 Å². The Kier molecular flexibility index (Phi) is 8.75. The lowest BCUT2D eigenvalue weighted by Crippen LogP contribution is -2.25. The van der Waals surface area contributed by atoms with Crippen molar-refractivity contribution >= 4 is 0 Å². The average Bonchev–Trinajstić information content (AvgIpc) is 2.73. The molecule has 1 aromatic rings. The van der Waals surface area contributed by atoms with E-state index in [1.54, 1.807) is 5.56 Å². The fourth-order valence-electron chi connectivity index (χ4n) is 5.89. The van der Waals surface area contributed by atoms with Gasteiger partial charge in [-0.1, -0.05) is 83.1 Å². The molecular weight excluding hydrogens is 324 g/mol. The minimum Gasteiger partial charge on any atom is -0.0654 e. The SMILES string of the molecule is CCCCC[C@H]1CC[C@H]([C@H]2CC[C@H](c3ccc(CCCC)cc3)CC2)CC1. The zero-order valence-corrected chi connectivity index (χ0v) is 18.2. The van der Waals surface area contributed by atoms with Gasteiger partial charge in [-0.2, -0.15) is 0 Å². The molecule has 0 amide bonds. The van der Waals surface area contributed by atoms with Gasteiger partial charge in [-0.3, -0.25) is 0 Å². The van der Waals surface area contributed by atoms with Crippen LogP contribution >= 0.6 is 0 Å². The van der Waals surface area contributed by atoms with E-state index in [1.807, 2.05) is 0 Å². The Morgan fingerprint density at radius 2 is 1.26 bits per heavy atom. The Morgan fingerprint density at radius 3 is 1.85 bits per heavy atom. The van der Waals surface area contributed by atoms with Gasteiger partial charge in [0.15, 0.2) is 0 Å². The Morgan fingerprint density at radius 1 is 0.667 bits per heavy atom. The number of rotatable bonds is 9. The molecule has 0 spiro atoms. The van der Waals surface area contributed by atoms with Crippen molar-refractivity contribution in [1.29, 1.82) is 0 Å². The summed E-state index contributed by atoms with van der Waals surface area (Å²) in [4.78, 5) is 0. The van der Waals surface area contributed by atoms with Gasteiger partial charge in [-0.15, -0.1) is 0 Å². The molecule has 0 nitrogen and oxygen atoms in total. The highest BCUT2D eigenvalue weighted by molar-refractivity contribution is 5.26. The first-order valence-electron chi connectivity index (χ1n) is 12.4. The molecule has 0 radical (unpaired) electrons. The van der Waals surface area contributed by atoms with Gasteiger partial charge in [0.1, 0.15) is 0 Å². The van der Waals surface area contributed by atoms with Gasteiger partial charge in [0.2, 0.25) is 0 Å². The maximum Gasteiger partial charge on any atom is -0.0162 e. The summed E-state index contributed by atoms with van der Waals surface area (Å²) in [6.45, 7) is 4.61. The summed E-state index contributed by atoms with van der Waals surface area (Å²) in [5.41, 5.74) is 3.15. The molecule has 0 unspecified atom stereocenters. The van der Waals surface area contributed by atoms with Gasteiger partial charge in [0, 0.05) is 0 Å². The van der Waals surface area contributed by atoms with Gasteiger partial charge < -0.3 is 0 Å². The first-order valence-corrected chi connectivity index (χ1v) is 12.4. The van der Waals surface area contributed by atoms with Crippen molar-refractivity contribution in [1.82, 2.24) is 0 Å². The highest BCUT2D eigenvalue weighted by Gasteiger charge is 2.31. The fourth-order valence-corrected chi connectivity index (χ4v) is 5.89. The number of hydrogen-bond donors (Lipinski definition) is 0. The van der Waals surface area contributed by atoms with E-state index in [0.717, 1.165) is 23.7 Å². The van der Waals surface area contributed by atoms with Crippen molar-refractivity contribution < 1.29 is 0 Å². The molecule has 0 aromatic heterocycles. The van der Waals surface area contributed by atoms with Gasteiger partial charge >= 0.3 is 0 Å². The third-order valence-corrected chi connectivity index (χ3v) is 7.82. The quantitative estimate of drug-likeness (QED) is 0.382. The average molecular weight is 369 g/mol. The van der Waals surface area contributed by atoms with Crippen LogP contribution in [0.4, 0.5) is 0 Å². The van der Waals surface area contributed by atoms with Crippen molar-refractivity contribution in [3.8, 4) is 0 Å². The van der Waals surface area contributed by atoms with E-state index < -0.39 is 0 Å². The van der Waals surface area contributed by atoms with Crippen LogP contribution in [0, 0.1) is 17.8 Å². The van der Waals surface area contributed by atoms with Crippen LogP contribution in [-0.2, 0) is 6.42 Å². The summed E-state index contributed by atoms with van der Waals surface area (Å²) in [6, 6.07) is 9.68. The lowest BCUT2D eigenvalue weighted by molar-refractivity contribution is 0.155. The lowest BCUT2D eigenvalue weighted by atomic mass is 9.68. The van der Waals surface area contributed by atoms with E-state index in [-0.39, 0.29) is 0 Å². The van der Waals surface area contributed by atoms with E-state index in [1.165, 1.54) is 102 Å². The predicted molar refractivity (Wildman–Crippen MR) is 119 cm³/mol. The summed E-state index contributed by atoms with van der Waals surface area (Å²) >= 11 is 0. The maximum atomic E-state index is 2.44. The molecule has 3 rings (SSSR count). The Hall–Kier alpha value is -0.780. The van der Waals surface area contributed by atoms with E-state index in [9.17, 15) is 0 Å². The van der Waals surface area contributed by atoms with Crippen LogP contribution in [0.2, 0.25) is 0 Å². The molecule has 152 valence electrons. The molecule has 2 aliphatic carbocycles. The first-order chi connectivity index (χ1) is 13.3. The first kappa shape index (κ1) is 20.9. The molecule has 1 aromatic carbocycles. The van der Waals surface area contributed by atoms with Crippen LogP contribution in [0.15, 0.2) is 24.3 Å². The molecule has 2 aliphatic rings. The van der Waals surface area contributed by atoms with Crippen molar-refractivity contribution in [2.24, 2.45) is 17.8 Å². The van der Waals surface area contributed by atoms with Crippen LogP contribution in [-0.4, -0.2) is 0 Å². The lowest BCUT2D eigenvalue weighted by Gasteiger charge is -2.38. The van der Waals surface area contributed by atoms with Crippen LogP contribution in [0.25, 0.3) is 0 Å². The monoisotopic (exact) mass is 368 g/mol. The molecule has 0 atom stereocenters. The molecule has 0 bridgehead atoms. The molecule has 2 saturated carbocycles. The topological polar surface area (TPSA) is 0 Å². The minimum atomic E-state index is 0.840. The van der Waals surface area contributed by atoms with Gasteiger partial charge in [0.05, 0.1) is 0 Å². The molecule has 0 N–H and O–H groups in total. The van der Waals surface area contributed by atoms with Crippen molar-refractivity contribution in [3.63, 3.8) is 0 Å². The standard InChI is InChI=1S/C27H44/c1-3-5-7-9-23-12-16-25(17-13-23)27-20-18-26(19-21-27)24-14-10-22(11-15-24)8-6-4-2/h10-11,14-15,23,25-27H,3-9,12-13,16-21H2,1-2H3/t23-,25-,26-,27-. The van der Waals surface area contributed by atoms with E-state index in [4.69, 9.17) is 0 Å². The summed E-state index contributed by atoms with van der Waals surface area (Å²) < 4.78 is 0. The van der Waals surface area contributed by atoms with E-state index in [0.29, 0.717) is 0 Å². The number of benzene rings is 1. The second-order valence-corrected chi connectivity index (χ2v) is 9.73. The molecule has 0 saturated heterocycles. The van der Waals surface area contributed by atoms with Crippen molar-refractivity contribution in [2.45, 2.75) is 116 Å². The second kappa shape index (κ2) is 11.3. The molecule has 0 heteroatoms. The molecule has 2 fully saturated rings. The molecule has 0 aliphatic heterocycles. The van der Waals surface area contributed by atoms with Gasteiger partial charge in [0.25, 0.3) is 0 Å². The normalized spacial score (nSPS) is 29.0. The largest absolute Gasteiger partial charge is 0.0654 e. The highest BCUT2D eigenvalue weighted by Crippen LogP contribution is 2.44. The second-order valence-electron chi connectivity index (χ2n) is 9.73. The zero-order chi connectivity index (χ0) is 18.9. The predicted octanol–water partition coefficient (Wildman–Crippen LogP) is 8.69. The van der Waals surface area contributed by atoms with Gasteiger partial charge in [-0.05, 0) is 86.2 Å².